The summed E-state index contributed by atoms with van der Waals surface area (Å²) in [6.07, 6.45) is 2.45. The predicted octanol–water partition coefficient (Wildman–Crippen LogP) is 1.63. The van der Waals surface area contributed by atoms with Crippen molar-refractivity contribution < 1.29 is 14.6 Å². The maximum atomic E-state index is 12.0. The van der Waals surface area contributed by atoms with Crippen LogP contribution in [0.2, 0.25) is 0 Å². The number of fused-ring (bicyclic) bond motifs is 1. The molecule has 1 unspecified atom stereocenters. The van der Waals surface area contributed by atoms with Gasteiger partial charge in [0, 0.05) is 37.6 Å². The summed E-state index contributed by atoms with van der Waals surface area (Å²) in [5.41, 5.74) is 4.01. The molecule has 7 heteroatoms. The molecule has 0 saturated heterocycles. The number of nitrogens with one attached hydrogen (secondary N) is 2. The van der Waals surface area contributed by atoms with Gasteiger partial charge in [-0.15, -0.1) is 0 Å². The van der Waals surface area contributed by atoms with E-state index in [4.69, 9.17) is 4.74 Å². The molecule has 0 bridgehead atoms. The van der Waals surface area contributed by atoms with E-state index in [2.05, 4.69) is 35.5 Å². The summed E-state index contributed by atoms with van der Waals surface area (Å²) in [6, 6.07) is 10.1. The summed E-state index contributed by atoms with van der Waals surface area (Å²) >= 11 is 0. The number of carbonyl (C=O) groups is 1. The average molecular weight is 399 g/mol. The highest BCUT2D eigenvalue weighted by Gasteiger charge is 2.21. The van der Waals surface area contributed by atoms with Crippen molar-refractivity contribution in [3.63, 3.8) is 0 Å². The molecule has 3 rings (SSSR count). The molecule has 0 fully saturated rings. The molecular formula is C22H30N4O3. The van der Waals surface area contributed by atoms with Crippen molar-refractivity contribution >= 4 is 11.6 Å². The molecule has 1 aliphatic heterocycles. The van der Waals surface area contributed by atoms with Crippen LogP contribution in [0.25, 0.3) is 0 Å². The summed E-state index contributed by atoms with van der Waals surface area (Å²) in [6.45, 7) is 5.56. The lowest BCUT2D eigenvalue weighted by Gasteiger charge is -2.28. The van der Waals surface area contributed by atoms with E-state index in [-0.39, 0.29) is 25.1 Å². The number of amides is 1. The summed E-state index contributed by atoms with van der Waals surface area (Å²) in [4.78, 5) is 18.4. The minimum atomic E-state index is -0.269. The lowest BCUT2D eigenvalue weighted by atomic mass is 10.0. The second kappa shape index (κ2) is 9.71. The fourth-order valence-corrected chi connectivity index (χ4v) is 3.29. The van der Waals surface area contributed by atoms with Gasteiger partial charge >= 0.3 is 0 Å². The van der Waals surface area contributed by atoms with Crippen LogP contribution < -0.4 is 20.3 Å². The molecule has 1 amide bonds. The highest BCUT2D eigenvalue weighted by Crippen LogP contribution is 2.28. The summed E-state index contributed by atoms with van der Waals surface area (Å²) < 4.78 is 5.94. The Morgan fingerprint density at radius 1 is 1.34 bits per heavy atom. The number of likely N-dealkylation sites (N-methyl/N-ethyl adjacent to an activating group) is 1. The van der Waals surface area contributed by atoms with Crippen LogP contribution in [0.5, 0.6) is 5.75 Å². The summed E-state index contributed by atoms with van der Waals surface area (Å²) in [5.74, 6) is 0.629. The van der Waals surface area contributed by atoms with Gasteiger partial charge in [0.15, 0.2) is 0 Å². The molecule has 3 N–H and O–H groups in total. The van der Waals surface area contributed by atoms with Crippen molar-refractivity contribution in [2.24, 2.45) is 0 Å². The normalized spacial score (nSPS) is 16.8. The second-order valence-corrected chi connectivity index (χ2v) is 7.78. The molecule has 2 aromatic rings. The van der Waals surface area contributed by atoms with Gasteiger partial charge in [-0.1, -0.05) is 26.0 Å². The van der Waals surface area contributed by atoms with E-state index >= 15 is 0 Å². The van der Waals surface area contributed by atoms with Gasteiger partial charge < -0.3 is 25.4 Å². The molecule has 0 saturated carbocycles. The lowest BCUT2D eigenvalue weighted by Crippen LogP contribution is -2.46. The molecule has 1 atom stereocenters. The number of aliphatic hydroxyl groups excluding tert-OH is 1. The Morgan fingerprint density at radius 3 is 2.86 bits per heavy atom. The number of nitrogens with zero attached hydrogens (tertiary/aromatic N) is 2. The Morgan fingerprint density at radius 2 is 2.17 bits per heavy atom. The van der Waals surface area contributed by atoms with E-state index in [1.54, 1.807) is 0 Å². The van der Waals surface area contributed by atoms with Crippen LogP contribution in [0.4, 0.5) is 5.69 Å². The lowest BCUT2D eigenvalue weighted by molar-refractivity contribution is -0.120. The van der Waals surface area contributed by atoms with E-state index < -0.39 is 0 Å². The minimum absolute atomic E-state index is 0.0818. The second-order valence-electron chi connectivity index (χ2n) is 7.78. The number of rotatable bonds is 7. The van der Waals surface area contributed by atoms with E-state index in [1.165, 1.54) is 0 Å². The Labute approximate surface area is 172 Å². The van der Waals surface area contributed by atoms with Crippen molar-refractivity contribution in [3.8, 4) is 5.75 Å². The maximum absolute atomic E-state index is 12.0. The van der Waals surface area contributed by atoms with Crippen molar-refractivity contribution in [1.82, 2.24) is 15.6 Å². The Hall–Kier alpha value is -2.64. The first kappa shape index (κ1) is 21.1. The summed E-state index contributed by atoms with van der Waals surface area (Å²) in [5, 5.41) is 15.7. The van der Waals surface area contributed by atoms with Crippen LogP contribution in [-0.2, 0) is 24.4 Å². The monoisotopic (exact) mass is 398 g/mol. The molecule has 7 nitrogen and oxygen atoms in total. The van der Waals surface area contributed by atoms with Crippen molar-refractivity contribution in [2.75, 3.05) is 25.1 Å². The Bertz CT molecular complexity index is 823. The number of carbonyl (C=O) groups excluding carboxylic acids is 1. The number of anilines is 1. The van der Waals surface area contributed by atoms with Crippen LogP contribution in [0.1, 0.15) is 30.7 Å². The quantitative estimate of drug-likeness (QED) is 0.657. The van der Waals surface area contributed by atoms with Gasteiger partial charge in [0.25, 0.3) is 0 Å². The van der Waals surface area contributed by atoms with E-state index in [0.717, 1.165) is 34.8 Å². The third-order valence-electron chi connectivity index (χ3n) is 4.89. The first-order chi connectivity index (χ1) is 13.9. The van der Waals surface area contributed by atoms with Crippen LogP contribution in [0.3, 0.4) is 0 Å². The zero-order valence-corrected chi connectivity index (χ0v) is 17.3. The van der Waals surface area contributed by atoms with Gasteiger partial charge in [-0.05, 0) is 29.7 Å². The minimum Gasteiger partial charge on any atom is -0.487 e. The largest absolute Gasteiger partial charge is 0.487 e. The molecule has 1 aromatic heterocycles. The molecule has 0 spiro atoms. The number of hydrogen-bond acceptors (Lipinski definition) is 6. The number of ether oxygens (including phenoxy) is 1. The van der Waals surface area contributed by atoms with Crippen LogP contribution in [0, 0.1) is 0 Å². The fraction of sp³-hybridized carbons (Fsp3) is 0.455. The van der Waals surface area contributed by atoms with E-state index in [9.17, 15) is 9.90 Å². The molecule has 0 aliphatic carbocycles. The molecule has 0 radical (unpaired) electrons. The fourth-order valence-electron chi connectivity index (χ4n) is 3.29. The zero-order valence-electron chi connectivity index (χ0n) is 17.3. The van der Waals surface area contributed by atoms with Crippen LogP contribution in [-0.4, -0.2) is 48.3 Å². The van der Waals surface area contributed by atoms with Gasteiger partial charge in [-0.3, -0.25) is 9.78 Å². The van der Waals surface area contributed by atoms with Crippen molar-refractivity contribution in [1.29, 1.82) is 0 Å². The van der Waals surface area contributed by atoms with Crippen LogP contribution in [0.15, 0.2) is 36.5 Å². The van der Waals surface area contributed by atoms with Gasteiger partial charge in [0.05, 0.1) is 24.9 Å². The zero-order chi connectivity index (χ0) is 20.8. The van der Waals surface area contributed by atoms with Crippen molar-refractivity contribution in [3.05, 3.63) is 53.3 Å². The van der Waals surface area contributed by atoms with Gasteiger partial charge in [-0.25, -0.2) is 0 Å². The Balaban J connectivity index is 1.66. The first-order valence-electron chi connectivity index (χ1n) is 9.99. The molecule has 29 heavy (non-hydrogen) atoms. The Kier molecular flexibility index (Phi) is 7.06. The molecular weight excluding hydrogens is 368 g/mol. The molecule has 1 aliphatic rings. The van der Waals surface area contributed by atoms with Gasteiger partial charge in [0.2, 0.25) is 5.91 Å². The maximum Gasteiger partial charge on any atom is 0.239 e. The van der Waals surface area contributed by atoms with Gasteiger partial charge in [0.1, 0.15) is 12.4 Å². The van der Waals surface area contributed by atoms with Crippen LogP contribution >= 0.6 is 0 Å². The highest BCUT2D eigenvalue weighted by atomic mass is 16.5. The molecule has 156 valence electrons. The van der Waals surface area contributed by atoms with Gasteiger partial charge in [-0.2, -0.15) is 0 Å². The third-order valence-corrected chi connectivity index (χ3v) is 4.89. The van der Waals surface area contributed by atoms with E-state index in [1.807, 2.05) is 42.4 Å². The number of aliphatic hydroxyl groups is 1. The number of aromatic nitrogens is 1. The number of pyridine rings is 1. The molecule has 1 aromatic carbocycles. The van der Waals surface area contributed by atoms with E-state index in [0.29, 0.717) is 19.1 Å². The average Bonchev–Trinajstić information content (AvgIpc) is 2.70. The summed E-state index contributed by atoms with van der Waals surface area (Å²) in [7, 11) is 1.88. The standard InChI is InChI=1S/C22H30N4O3/c1-15(2)23-10-16-4-6-18(24-11-16)14-29-20-7-5-17-8-19(13-27)25-22(28)12-26(3)21(17)9-20/h4-7,9,11,15,19,23,27H,8,10,12-14H2,1-3H3,(H,25,28). The predicted molar refractivity (Wildman–Crippen MR) is 113 cm³/mol. The first-order valence-corrected chi connectivity index (χ1v) is 9.99. The number of benzene rings is 1. The smallest absolute Gasteiger partial charge is 0.239 e. The highest BCUT2D eigenvalue weighted by molar-refractivity contribution is 5.82. The SMILES string of the molecule is CC(C)NCc1ccc(COc2ccc3c(c2)N(C)CC(=O)NC(CO)C3)nc1. The third kappa shape index (κ3) is 5.92. The molecule has 2 heterocycles. The number of hydrogen-bond donors (Lipinski definition) is 3. The topological polar surface area (TPSA) is 86.7 Å². The van der Waals surface area contributed by atoms with Crippen molar-refractivity contribution in [2.45, 2.75) is 45.5 Å².